The minimum atomic E-state index is 0.910. The number of aromatic nitrogens is 3. The zero-order chi connectivity index (χ0) is 26.9. The zero-order valence-electron chi connectivity index (χ0n) is 21.9. The summed E-state index contributed by atoms with van der Waals surface area (Å²) in [6.45, 7) is 0. The summed E-state index contributed by atoms with van der Waals surface area (Å²) in [7, 11) is 0. The van der Waals surface area contributed by atoms with E-state index in [1.165, 1.54) is 0 Å². The predicted molar refractivity (Wildman–Crippen MR) is 165 cm³/mol. The fourth-order valence-corrected chi connectivity index (χ4v) is 6.23. The number of benzene rings is 5. The molecule has 0 saturated heterocycles. The second kappa shape index (κ2) is 8.41. The topological polar surface area (TPSA) is 47.1 Å². The number of rotatable bonds is 3. The van der Waals surface area contributed by atoms with Crippen LogP contribution in [0.4, 0.5) is 17.1 Å². The van der Waals surface area contributed by atoms with Gasteiger partial charge in [-0.2, -0.15) is 0 Å². The largest absolute Gasteiger partial charge is 0.455 e. The van der Waals surface area contributed by atoms with Crippen molar-refractivity contribution in [1.29, 1.82) is 0 Å². The van der Waals surface area contributed by atoms with E-state index >= 15 is 0 Å². The first-order chi connectivity index (χ1) is 20.3. The monoisotopic (exact) mass is 526 g/mol. The maximum atomic E-state index is 6.32. The van der Waals surface area contributed by atoms with Crippen molar-refractivity contribution in [2.75, 3.05) is 4.90 Å². The van der Waals surface area contributed by atoms with Gasteiger partial charge in [-0.05, 0) is 60.2 Å². The molecule has 0 atom stereocenters. The minimum Gasteiger partial charge on any atom is -0.455 e. The van der Waals surface area contributed by atoms with Crippen LogP contribution in [0.15, 0.2) is 138 Å². The van der Waals surface area contributed by atoms with Gasteiger partial charge in [0.05, 0.1) is 28.1 Å². The highest BCUT2D eigenvalue weighted by Gasteiger charge is 2.29. The molecule has 8 aromatic rings. The van der Waals surface area contributed by atoms with Crippen molar-refractivity contribution < 1.29 is 4.42 Å². The van der Waals surface area contributed by atoms with E-state index in [4.69, 9.17) is 9.40 Å². The second-order valence-corrected chi connectivity index (χ2v) is 10.3. The Morgan fingerprint density at radius 3 is 2.17 bits per heavy atom. The molecule has 9 rings (SSSR count). The highest BCUT2D eigenvalue weighted by Crippen LogP contribution is 2.48. The molecule has 5 nitrogen and oxygen atoms in total. The summed E-state index contributed by atoms with van der Waals surface area (Å²) < 4.78 is 8.60. The molecule has 0 saturated carbocycles. The number of anilines is 3. The van der Waals surface area contributed by atoms with Crippen molar-refractivity contribution >= 4 is 50.0 Å². The van der Waals surface area contributed by atoms with Gasteiger partial charge in [-0.15, -0.1) is 0 Å². The molecule has 0 radical (unpaired) electrons. The maximum Gasteiger partial charge on any atom is 0.145 e. The summed E-state index contributed by atoms with van der Waals surface area (Å²) in [6, 6.07) is 42.3. The molecular weight excluding hydrogens is 504 g/mol. The molecule has 4 heterocycles. The van der Waals surface area contributed by atoms with Gasteiger partial charge in [0.25, 0.3) is 0 Å². The lowest BCUT2D eigenvalue weighted by Crippen LogP contribution is -2.18. The van der Waals surface area contributed by atoms with Crippen LogP contribution in [0.5, 0.6) is 0 Å². The summed E-state index contributed by atoms with van der Waals surface area (Å²) in [5.74, 6) is 0.913. The van der Waals surface area contributed by atoms with Gasteiger partial charge in [0.1, 0.15) is 17.0 Å². The maximum absolute atomic E-state index is 6.32. The van der Waals surface area contributed by atoms with Crippen LogP contribution >= 0.6 is 0 Å². The first-order valence-corrected chi connectivity index (χ1v) is 13.7. The van der Waals surface area contributed by atoms with E-state index in [1.807, 2.05) is 36.7 Å². The third-order valence-corrected chi connectivity index (χ3v) is 8.04. The lowest BCUT2D eigenvalue weighted by atomic mass is 10.0. The van der Waals surface area contributed by atoms with Crippen LogP contribution < -0.4 is 4.90 Å². The fraction of sp³-hybridized carbons (Fsp3) is 0. The van der Waals surface area contributed by atoms with Crippen molar-refractivity contribution in [2.45, 2.75) is 0 Å². The number of imidazole rings is 1. The summed E-state index contributed by atoms with van der Waals surface area (Å²) in [5, 5.41) is 2.28. The SMILES string of the molecule is c1ccc2c(c1)N(c1ccc(-c3cccc4c3oc3ccccc34)cc1)c1cccc3nc(-c4ccncc4)n-2c13. The van der Waals surface area contributed by atoms with E-state index in [9.17, 15) is 0 Å². The summed E-state index contributed by atoms with van der Waals surface area (Å²) in [4.78, 5) is 11.6. The highest BCUT2D eigenvalue weighted by atomic mass is 16.3. The van der Waals surface area contributed by atoms with Crippen LogP contribution in [0.3, 0.4) is 0 Å². The average molecular weight is 527 g/mol. The Hall–Kier alpha value is -5.68. The summed E-state index contributed by atoms with van der Waals surface area (Å²) in [6.07, 6.45) is 3.63. The van der Waals surface area contributed by atoms with Crippen molar-refractivity contribution in [3.05, 3.63) is 134 Å². The van der Waals surface area contributed by atoms with Crippen LogP contribution in [0.2, 0.25) is 0 Å². The number of fused-ring (bicyclic) bond motifs is 5. The summed E-state index contributed by atoms with van der Waals surface area (Å²) >= 11 is 0. The Morgan fingerprint density at radius 2 is 1.29 bits per heavy atom. The molecule has 5 aromatic carbocycles. The van der Waals surface area contributed by atoms with Gasteiger partial charge in [-0.3, -0.25) is 9.55 Å². The molecule has 0 aliphatic carbocycles. The molecule has 0 unspecified atom stereocenters. The molecule has 0 bridgehead atoms. The molecule has 0 spiro atoms. The van der Waals surface area contributed by atoms with Gasteiger partial charge in [0, 0.05) is 40.0 Å². The third kappa shape index (κ3) is 3.17. The Morgan fingerprint density at radius 1 is 0.561 bits per heavy atom. The zero-order valence-corrected chi connectivity index (χ0v) is 21.9. The van der Waals surface area contributed by atoms with E-state index in [0.29, 0.717) is 0 Å². The molecule has 0 fully saturated rings. The average Bonchev–Trinajstić information content (AvgIpc) is 3.62. The van der Waals surface area contributed by atoms with E-state index in [2.05, 4.69) is 112 Å². The quantitative estimate of drug-likeness (QED) is 0.230. The van der Waals surface area contributed by atoms with E-state index in [-0.39, 0.29) is 0 Å². The Kier molecular flexibility index (Phi) is 4.55. The van der Waals surface area contributed by atoms with Crippen molar-refractivity contribution in [1.82, 2.24) is 14.5 Å². The van der Waals surface area contributed by atoms with Gasteiger partial charge in [0.15, 0.2) is 0 Å². The number of furan rings is 1. The van der Waals surface area contributed by atoms with Crippen LogP contribution in [0.1, 0.15) is 0 Å². The first-order valence-electron chi connectivity index (χ1n) is 13.7. The van der Waals surface area contributed by atoms with E-state index < -0.39 is 0 Å². The number of hydrogen-bond acceptors (Lipinski definition) is 4. The van der Waals surface area contributed by atoms with Crippen LogP contribution in [-0.4, -0.2) is 14.5 Å². The van der Waals surface area contributed by atoms with Crippen LogP contribution in [0, 0.1) is 0 Å². The molecule has 3 aromatic heterocycles. The van der Waals surface area contributed by atoms with Crippen molar-refractivity contribution in [2.24, 2.45) is 0 Å². The fourth-order valence-electron chi connectivity index (χ4n) is 6.23. The third-order valence-electron chi connectivity index (χ3n) is 8.04. The Bertz CT molecular complexity index is 2260. The van der Waals surface area contributed by atoms with E-state index in [1.54, 1.807) is 0 Å². The molecule has 41 heavy (non-hydrogen) atoms. The minimum absolute atomic E-state index is 0.910. The molecule has 1 aliphatic heterocycles. The van der Waals surface area contributed by atoms with Gasteiger partial charge in [-0.1, -0.05) is 66.7 Å². The Labute approximate surface area is 235 Å². The van der Waals surface area contributed by atoms with Crippen LogP contribution in [0.25, 0.3) is 61.2 Å². The predicted octanol–water partition coefficient (Wildman–Crippen LogP) is 9.44. The van der Waals surface area contributed by atoms with E-state index in [0.717, 1.165) is 78.2 Å². The highest BCUT2D eigenvalue weighted by molar-refractivity contribution is 6.09. The van der Waals surface area contributed by atoms with Gasteiger partial charge in [-0.25, -0.2) is 4.98 Å². The normalized spacial score (nSPS) is 12.3. The van der Waals surface area contributed by atoms with Crippen molar-refractivity contribution in [3.8, 4) is 28.2 Å². The molecule has 0 N–H and O–H groups in total. The first kappa shape index (κ1) is 22.2. The lowest BCUT2D eigenvalue weighted by molar-refractivity contribution is 0.670. The second-order valence-electron chi connectivity index (χ2n) is 10.3. The van der Waals surface area contributed by atoms with Gasteiger partial charge < -0.3 is 9.32 Å². The molecule has 0 amide bonds. The number of para-hydroxylation sites is 5. The number of pyridine rings is 1. The smallest absolute Gasteiger partial charge is 0.145 e. The molecular formula is C36H22N4O. The molecule has 1 aliphatic rings. The van der Waals surface area contributed by atoms with Gasteiger partial charge >= 0.3 is 0 Å². The van der Waals surface area contributed by atoms with Crippen LogP contribution in [-0.2, 0) is 0 Å². The standard InChI is InChI=1S/C36H22N4O/c1-4-14-33-27(7-1)28-9-5-8-26(35(28)41-33)23-15-17-25(18-16-23)39-30-11-2-3-12-31(30)40-34-29(10-6-13-32(34)39)38-36(40)24-19-21-37-22-20-24/h1-22H. The molecule has 5 heteroatoms. The summed E-state index contributed by atoms with van der Waals surface area (Å²) in [5.41, 5.74) is 11.5. The lowest BCUT2D eigenvalue weighted by Gasteiger charge is -2.33. The number of hydrogen-bond donors (Lipinski definition) is 0. The number of nitrogens with zero attached hydrogens (tertiary/aromatic N) is 4. The van der Waals surface area contributed by atoms with Crippen molar-refractivity contribution in [3.63, 3.8) is 0 Å². The van der Waals surface area contributed by atoms with Gasteiger partial charge in [0.2, 0.25) is 0 Å². The molecule has 192 valence electrons. The Balaban J connectivity index is 1.22.